The van der Waals surface area contributed by atoms with E-state index in [0.717, 1.165) is 31.9 Å². The zero-order valence-electron chi connectivity index (χ0n) is 12.0. The summed E-state index contributed by atoms with van der Waals surface area (Å²) in [6.07, 6.45) is 1.21. The number of piperazine rings is 1. The van der Waals surface area contributed by atoms with Crippen molar-refractivity contribution in [1.82, 2.24) is 20.1 Å². The second-order valence-electron chi connectivity index (χ2n) is 5.12. The Balaban J connectivity index is 1.91. The molecule has 0 aromatic carbocycles. The zero-order valence-corrected chi connectivity index (χ0v) is 12.0. The average Bonchev–Trinajstić information content (AvgIpc) is 2.48. The van der Waals surface area contributed by atoms with Gasteiger partial charge in [-0.15, -0.1) is 0 Å². The first-order valence-corrected chi connectivity index (χ1v) is 6.88. The van der Waals surface area contributed by atoms with Gasteiger partial charge in [-0.3, -0.25) is 14.7 Å². The van der Waals surface area contributed by atoms with E-state index in [9.17, 15) is 9.18 Å². The predicted molar refractivity (Wildman–Crippen MR) is 74.7 cm³/mol. The van der Waals surface area contributed by atoms with Gasteiger partial charge in [0.25, 0.3) is 0 Å². The third-order valence-corrected chi connectivity index (χ3v) is 3.69. The van der Waals surface area contributed by atoms with Gasteiger partial charge in [-0.05, 0) is 26.1 Å². The summed E-state index contributed by atoms with van der Waals surface area (Å²) in [4.78, 5) is 20.0. The molecule has 1 fully saturated rings. The van der Waals surface area contributed by atoms with Crippen molar-refractivity contribution in [2.75, 3.05) is 39.8 Å². The second-order valence-corrected chi connectivity index (χ2v) is 5.12. The highest BCUT2D eigenvalue weighted by atomic mass is 19.1. The summed E-state index contributed by atoms with van der Waals surface area (Å²) < 4.78 is 12.9. The van der Waals surface area contributed by atoms with Gasteiger partial charge < -0.3 is 10.2 Å². The smallest absolute Gasteiger partial charge is 0.236 e. The Labute approximate surface area is 118 Å². The number of rotatable bonds is 4. The Kier molecular flexibility index (Phi) is 5.03. The number of halogens is 1. The molecule has 2 heterocycles. The van der Waals surface area contributed by atoms with Crippen LogP contribution in [0.15, 0.2) is 18.3 Å². The Morgan fingerprint density at radius 1 is 1.50 bits per heavy atom. The van der Waals surface area contributed by atoms with E-state index in [0.29, 0.717) is 6.54 Å². The Morgan fingerprint density at radius 3 is 2.80 bits per heavy atom. The van der Waals surface area contributed by atoms with Crippen LogP contribution in [-0.2, 0) is 4.79 Å². The molecule has 1 unspecified atom stereocenters. The highest BCUT2D eigenvalue weighted by molar-refractivity contribution is 5.78. The van der Waals surface area contributed by atoms with Gasteiger partial charge in [0.1, 0.15) is 5.82 Å². The maximum absolute atomic E-state index is 12.9. The van der Waals surface area contributed by atoms with Crippen molar-refractivity contribution in [2.24, 2.45) is 0 Å². The number of nitrogens with one attached hydrogen (secondary N) is 1. The van der Waals surface area contributed by atoms with Gasteiger partial charge in [0, 0.05) is 32.2 Å². The van der Waals surface area contributed by atoms with Gasteiger partial charge in [-0.25, -0.2) is 4.39 Å². The number of amides is 1. The summed E-state index contributed by atoms with van der Waals surface area (Å²) in [6, 6.07) is 3.03. The van der Waals surface area contributed by atoms with Crippen LogP contribution in [0.4, 0.5) is 4.39 Å². The van der Waals surface area contributed by atoms with Gasteiger partial charge >= 0.3 is 0 Å². The number of likely N-dealkylation sites (N-methyl/N-ethyl adjacent to an activating group) is 1. The molecular weight excluding hydrogens is 259 g/mol. The average molecular weight is 280 g/mol. The molecule has 5 nitrogen and oxygen atoms in total. The van der Waals surface area contributed by atoms with E-state index in [-0.39, 0.29) is 17.8 Å². The van der Waals surface area contributed by atoms with Gasteiger partial charge in [0.05, 0.1) is 18.4 Å². The molecule has 1 saturated heterocycles. The Hall–Kier alpha value is -1.53. The lowest BCUT2D eigenvalue weighted by Gasteiger charge is -2.31. The summed E-state index contributed by atoms with van der Waals surface area (Å²) >= 11 is 0. The van der Waals surface area contributed by atoms with E-state index in [1.165, 1.54) is 12.3 Å². The highest BCUT2D eigenvalue weighted by Crippen LogP contribution is 2.16. The molecule has 1 amide bonds. The Morgan fingerprint density at radius 2 is 2.20 bits per heavy atom. The van der Waals surface area contributed by atoms with Crippen LogP contribution in [0.1, 0.15) is 18.7 Å². The fourth-order valence-electron chi connectivity index (χ4n) is 2.22. The second kappa shape index (κ2) is 6.76. The summed E-state index contributed by atoms with van der Waals surface area (Å²) in [5.41, 5.74) is 0.766. The molecule has 0 aliphatic carbocycles. The number of nitrogens with zero attached hydrogens (tertiary/aromatic N) is 3. The molecule has 1 atom stereocenters. The molecule has 0 spiro atoms. The van der Waals surface area contributed by atoms with Crippen molar-refractivity contribution in [3.05, 3.63) is 29.8 Å². The number of aromatic nitrogens is 1. The SMILES string of the molecule is CC(c1ccc(F)cn1)N(C)CC(=O)N1CCNCC1. The van der Waals surface area contributed by atoms with Gasteiger partial charge in [-0.1, -0.05) is 0 Å². The first-order chi connectivity index (χ1) is 9.58. The monoisotopic (exact) mass is 280 g/mol. The molecule has 1 aromatic heterocycles. The lowest BCUT2D eigenvalue weighted by Crippen LogP contribution is -2.49. The maximum Gasteiger partial charge on any atom is 0.236 e. The van der Waals surface area contributed by atoms with Crippen LogP contribution < -0.4 is 5.32 Å². The van der Waals surface area contributed by atoms with Crippen LogP contribution in [0.2, 0.25) is 0 Å². The minimum absolute atomic E-state index is 0.0255. The maximum atomic E-state index is 12.9. The molecule has 0 saturated carbocycles. The topological polar surface area (TPSA) is 48.5 Å². The number of carbonyl (C=O) groups is 1. The summed E-state index contributed by atoms with van der Waals surface area (Å²) in [5, 5.41) is 3.22. The van der Waals surface area contributed by atoms with Gasteiger partial charge in [-0.2, -0.15) is 0 Å². The summed E-state index contributed by atoms with van der Waals surface area (Å²) in [6.45, 7) is 5.53. The van der Waals surface area contributed by atoms with Crippen LogP contribution in [0, 0.1) is 5.82 Å². The third kappa shape index (κ3) is 3.74. The molecule has 1 aliphatic heterocycles. The molecule has 1 aromatic rings. The van der Waals surface area contributed by atoms with Gasteiger partial charge in [0.15, 0.2) is 0 Å². The minimum Gasteiger partial charge on any atom is -0.339 e. The Bertz CT molecular complexity index is 445. The molecule has 6 heteroatoms. The first-order valence-electron chi connectivity index (χ1n) is 6.88. The van der Waals surface area contributed by atoms with E-state index in [1.807, 2.05) is 23.8 Å². The van der Waals surface area contributed by atoms with E-state index < -0.39 is 0 Å². The molecule has 0 radical (unpaired) electrons. The van der Waals surface area contributed by atoms with Crippen molar-refractivity contribution >= 4 is 5.91 Å². The fourth-order valence-corrected chi connectivity index (χ4v) is 2.22. The number of carbonyl (C=O) groups excluding carboxylic acids is 1. The third-order valence-electron chi connectivity index (χ3n) is 3.69. The minimum atomic E-state index is -0.347. The van der Waals surface area contributed by atoms with Crippen LogP contribution >= 0.6 is 0 Å². The van der Waals surface area contributed by atoms with Crippen molar-refractivity contribution in [2.45, 2.75) is 13.0 Å². The van der Waals surface area contributed by atoms with E-state index in [4.69, 9.17) is 0 Å². The van der Waals surface area contributed by atoms with Crippen LogP contribution in [0.25, 0.3) is 0 Å². The van der Waals surface area contributed by atoms with Crippen LogP contribution in [0.5, 0.6) is 0 Å². The van der Waals surface area contributed by atoms with Crippen molar-refractivity contribution in [3.63, 3.8) is 0 Å². The van der Waals surface area contributed by atoms with Crippen molar-refractivity contribution in [1.29, 1.82) is 0 Å². The van der Waals surface area contributed by atoms with Crippen molar-refractivity contribution < 1.29 is 9.18 Å². The normalized spacial score (nSPS) is 17.3. The molecular formula is C14H21FN4O. The number of pyridine rings is 1. The molecule has 1 aliphatic rings. The lowest BCUT2D eigenvalue weighted by atomic mass is 10.2. The van der Waals surface area contributed by atoms with E-state index in [1.54, 1.807) is 6.07 Å². The van der Waals surface area contributed by atoms with Crippen molar-refractivity contribution in [3.8, 4) is 0 Å². The zero-order chi connectivity index (χ0) is 14.5. The summed E-state index contributed by atoms with van der Waals surface area (Å²) in [5.74, 6) is -0.219. The standard InChI is InChI=1S/C14H21FN4O/c1-11(13-4-3-12(15)9-17-13)18(2)10-14(20)19-7-5-16-6-8-19/h3-4,9,11,16H,5-8,10H2,1-2H3. The van der Waals surface area contributed by atoms with Crippen LogP contribution in [0.3, 0.4) is 0 Å². The largest absolute Gasteiger partial charge is 0.339 e. The molecule has 1 N–H and O–H groups in total. The van der Waals surface area contributed by atoms with Crippen LogP contribution in [-0.4, -0.2) is 60.5 Å². The predicted octanol–water partition coefficient (Wildman–Crippen LogP) is 0.645. The summed E-state index contributed by atoms with van der Waals surface area (Å²) in [7, 11) is 1.88. The van der Waals surface area contributed by atoms with E-state index in [2.05, 4.69) is 10.3 Å². The fraction of sp³-hybridized carbons (Fsp3) is 0.571. The number of hydrogen-bond acceptors (Lipinski definition) is 4. The molecule has 0 bridgehead atoms. The van der Waals surface area contributed by atoms with E-state index >= 15 is 0 Å². The lowest BCUT2D eigenvalue weighted by molar-refractivity contribution is -0.133. The molecule has 2 rings (SSSR count). The van der Waals surface area contributed by atoms with Gasteiger partial charge in [0.2, 0.25) is 5.91 Å². The first kappa shape index (κ1) is 14.9. The highest BCUT2D eigenvalue weighted by Gasteiger charge is 2.21. The number of hydrogen-bond donors (Lipinski definition) is 1. The molecule has 20 heavy (non-hydrogen) atoms. The quantitative estimate of drug-likeness (QED) is 0.879. The molecule has 110 valence electrons.